The number of carbonyl (C=O) groups excluding carboxylic acids is 1. The van der Waals surface area contributed by atoms with Crippen molar-refractivity contribution in [2.45, 2.75) is 51.6 Å². The smallest absolute Gasteiger partial charge is 0.220 e. The van der Waals surface area contributed by atoms with Crippen molar-refractivity contribution in [2.75, 3.05) is 13.7 Å². The molecular weight excluding hydrogens is 410 g/mol. The van der Waals surface area contributed by atoms with Crippen LogP contribution in [-0.4, -0.2) is 30.6 Å². The van der Waals surface area contributed by atoms with E-state index >= 15 is 0 Å². The van der Waals surface area contributed by atoms with E-state index in [9.17, 15) is 4.79 Å². The molecule has 2 N–H and O–H groups in total. The fourth-order valence-electron chi connectivity index (χ4n) is 5.22. The molecule has 0 radical (unpaired) electrons. The average molecular weight is 442 g/mol. The van der Waals surface area contributed by atoms with Crippen molar-refractivity contribution in [3.8, 4) is 28.3 Å². The number of benzene rings is 2. The molecule has 1 aliphatic heterocycles. The summed E-state index contributed by atoms with van der Waals surface area (Å²) in [5, 5.41) is 6.42. The van der Waals surface area contributed by atoms with Crippen LogP contribution in [0.3, 0.4) is 0 Å². The zero-order valence-electron chi connectivity index (χ0n) is 19.4. The molecule has 5 heteroatoms. The number of nitrogens with one attached hydrogen (secondary N) is 2. The summed E-state index contributed by atoms with van der Waals surface area (Å²) in [4.78, 5) is 16.2. The highest BCUT2D eigenvalue weighted by Crippen LogP contribution is 2.37. The van der Waals surface area contributed by atoms with Gasteiger partial charge in [-0.1, -0.05) is 42.5 Å². The van der Waals surface area contributed by atoms with E-state index in [2.05, 4.69) is 66.1 Å². The van der Waals surface area contributed by atoms with Crippen LogP contribution >= 0.6 is 0 Å². The average Bonchev–Trinajstić information content (AvgIpc) is 3.48. The fourth-order valence-corrected chi connectivity index (χ4v) is 5.22. The van der Waals surface area contributed by atoms with E-state index < -0.39 is 0 Å². The van der Waals surface area contributed by atoms with E-state index in [1.165, 1.54) is 40.7 Å². The van der Waals surface area contributed by atoms with Gasteiger partial charge in [0, 0.05) is 36.7 Å². The molecule has 1 saturated heterocycles. The Morgan fingerprint density at radius 1 is 1.03 bits per heavy atom. The second-order valence-corrected chi connectivity index (χ2v) is 9.07. The maximum absolute atomic E-state index is 11.4. The number of pyridine rings is 1. The van der Waals surface area contributed by atoms with E-state index in [0.717, 1.165) is 36.2 Å². The summed E-state index contributed by atoms with van der Waals surface area (Å²) in [5.41, 5.74) is 9.96. The number of aromatic nitrogens is 1. The van der Waals surface area contributed by atoms with Crippen LogP contribution in [0.2, 0.25) is 0 Å². The second-order valence-electron chi connectivity index (χ2n) is 9.07. The maximum Gasteiger partial charge on any atom is 0.220 e. The van der Waals surface area contributed by atoms with Crippen LogP contribution in [0.5, 0.6) is 5.88 Å². The Bertz CT molecular complexity index is 1190. The monoisotopic (exact) mass is 441 g/mol. The highest BCUT2D eigenvalue weighted by molar-refractivity contribution is 5.80. The molecule has 1 unspecified atom stereocenters. The number of hydrogen-bond donors (Lipinski definition) is 2. The number of carbonyl (C=O) groups is 1. The van der Waals surface area contributed by atoms with Gasteiger partial charge in [0.15, 0.2) is 0 Å². The molecule has 0 bridgehead atoms. The molecule has 5 nitrogen and oxygen atoms in total. The lowest BCUT2D eigenvalue weighted by Crippen LogP contribution is -2.35. The van der Waals surface area contributed by atoms with Gasteiger partial charge < -0.3 is 15.4 Å². The van der Waals surface area contributed by atoms with Crippen molar-refractivity contribution in [3.63, 3.8) is 0 Å². The van der Waals surface area contributed by atoms with E-state index in [0.29, 0.717) is 18.8 Å². The summed E-state index contributed by atoms with van der Waals surface area (Å²) in [6, 6.07) is 17.6. The summed E-state index contributed by atoms with van der Waals surface area (Å²) in [5.74, 6) is 0.782. The Hall–Kier alpha value is -3.18. The van der Waals surface area contributed by atoms with Crippen LogP contribution in [0.4, 0.5) is 0 Å². The summed E-state index contributed by atoms with van der Waals surface area (Å²) < 4.78 is 5.64. The van der Waals surface area contributed by atoms with Gasteiger partial charge in [-0.15, -0.1) is 0 Å². The highest BCUT2D eigenvalue weighted by atomic mass is 16.5. The SMILES string of the molecule is COc1nc(-c2cccc(-c3cccc4c3CCC4)c2C)ccc1CNCC1CCC(=O)N1. The Balaban J connectivity index is 1.39. The van der Waals surface area contributed by atoms with Crippen molar-refractivity contribution < 1.29 is 9.53 Å². The van der Waals surface area contributed by atoms with Crippen LogP contribution in [0.25, 0.3) is 22.4 Å². The normalized spacial score (nSPS) is 17.2. The molecule has 33 heavy (non-hydrogen) atoms. The summed E-state index contributed by atoms with van der Waals surface area (Å²) in [7, 11) is 1.67. The third kappa shape index (κ3) is 4.38. The fraction of sp³-hybridized carbons (Fsp3) is 0.357. The summed E-state index contributed by atoms with van der Waals surface area (Å²) in [6.07, 6.45) is 5.10. The molecule has 1 aromatic heterocycles. The van der Waals surface area contributed by atoms with Gasteiger partial charge in [-0.2, -0.15) is 0 Å². The predicted molar refractivity (Wildman–Crippen MR) is 131 cm³/mol. The number of aryl methyl sites for hydroxylation is 1. The van der Waals surface area contributed by atoms with Crippen molar-refractivity contribution in [2.24, 2.45) is 0 Å². The Morgan fingerprint density at radius 3 is 2.67 bits per heavy atom. The minimum Gasteiger partial charge on any atom is -0.481 e. The number of ether oxygens (including phenoxy) is 1. The first-order valence-corrected chi connectivity index (χ1v) is 11.9. The van der Waals surface area contributed by atoms with Gasteiger partial charge in [0.25, 0.3) is 0 Å². The lowest BCUT2D eigenvalue weighted by atomic mass is 9.90. The molecule has 5 rings (SSSR count). The zero-order chi connectivity index (χ0) is 22.8. The van der Waals surface area contributed by atoms with E-state index in [1.54, 1.807) is 7.11 Å². The first-order valence-electron chi connectivity index (χ1n) is 11.9. The van der Waals surface area contributed by atoms with Gasteiger partial charge in [0.2, 0.25) is 11.8 Å². The van der Waals surface area contributed by atoms with Crippen LogP contribution in [-0.2, 0) is 24.2 Å². The van der Waals surface area contributed by atoms with Gasteiger partial charge in [0.05, 0.1) is 12.8 Å². The highest BCUT2D eigenvalue weighted by Gasteiger charge is 2.21. The number of nitrogens with zero attached hydrogens (tertiary/aromatic N) is 1. The zero-order valence-corrected chi connectivity index (χ0v) is 19.4. The third-order valence-corrected chi connectivity index (χ3v) is 6.97. The van der Waals surface area contributed by atoms with Crippen molar-refractivity contribution in [1.82, 2.24) is 15.6 Å². The number of hydrogen-bond acceptors (Lipinski definition) is 4. The van der Waals surface area contributed by atoms with Gasteiger partial charge in [-0.25, -0.2) is 4.98 Å². The molecule has 1 atom stereocenters. The lowest BCUT2D eigenvalue weighted by molar-refractivity contribution is -0.119. The quantitative estimate of drug-likeness (QED) is 0.563. The summed E-state index contributed by atoms with van der Waals surface area (Å²) in [6.45, 7) is 3.59. The Labute approximate surface area is 195 Å². The predicted octanol–water partition coefficient (Wildman–Crippen LogP) is 4.59. The molecule has 2 aliphatic rings. The van der Waals surface area contributed by atoms with Crippen molar-refractivity contribution in [1.29, 1.82) is 0 Å². The van der Waals surface area contributed by atoms with Gasteiger partial charge >= 0.3 is 0 Å². The van der Waals surface area contributed by atoms with Gasteiger partial charge in [-0.05, 0) is 66.5 Å². The lowest BCUT2D eigenvalue weighted by Gasteiger charge is -2.16. The van der Waals surface area contributed by atoms with Crippen LogP contribution in [0.15, 0.2) is 48.5 Å². The maximum atomic E-state index is 11.4. The second kappa shape index (κ2) is 9.36. The molecule has 2 heterocycles. The molecular formula is C28H31N3O2. The molecule has 170 valence electrons. The van der Waals surface area contributed by atoms with E-state index in [4.69, 9.17) is 9.72 Å². The van der Waals surface area contributed by atoms with Crippen molar-refractivity contribution >= 4 is 5.91 Å². The number of rotatable bonds is 7. The number of methoxy groups -OCH3 is 1. The van der Waals surface area contributed by atoms with Crippen LogP contribution < -0.4 is 15.4 Å². The molecule has 1 aliphatic carbocycles. The molecule has 0 spiro atoms. The Morgan fingerprint density at radius 2 is 1.85 bits per heavy atom. The van der Waals surface area contributed by atoms with Crippen molar-refractivity contribution in [3.05, 3.63) is 70.8 Å². The largest absolute Gasteiger partial charge is 0.481 e. The summed E-state index contributed by atoms with van der Waals surface area (Å²) >= 11 is 0. The number of fused-ring (bicyclic) bond motifs is 1. The van der Waals surface area contributed by atoms with Crippen LogP contribution in [0, 0.1) is 6.92 Å². The van der Waals surface area contributed by atoms with Crippen LogP contribution in [0.1, 0.15) is 41.5 Å². The topological polar surface area (TPSA) is 63.2 Å². The molecule has 3 aromatic rings. The first kappa shape index (κ1) is 21.7. The third-order valence-electron chi connectivity index (χ3n) is 6.97. The van der Waals surface area contributed by atoms with E-state index in [-0.39, 0.29) is 11.9 Å². The minimum atomic E-state index is 0.142. The standard InChI is InChI=1S/C28H31N3O2/c1-18-22(25-11-4-7-19-6-3-10-24(19)25)8-5-9-23(18)26-14-12-20(28(31-26)33-2)16-29-17-21-13-15-27(32)30-21/h4-5,7-9,11-12,14,21,29H,3,6,10,13,15-17H2,1-2H3,(H,30,32). The van der Waals surface area contributed by atoms with Gasteiger partial charge in [0.1, 0.15) is 0 Å². The molecule has 1 fully saturated rings. The molecule has 0 saturated carbocycles. The number of amides is 1. The van der Waals surface area contributed by atoms with E-state index in [1.807, 2.05) is 0 Å². The first-order chi connectivity index (χ1) is 16.1. The minimum absolute atomic E-state index is 0.142. The molecule has 1 amide bonds. The molecule has 2 aromatic carbocycles. The van der Waals surface area contributed by atoms with Gasteiger partial charge in [-0.3, -0.25) is 4.79 Å². The Kier molecular flexibility index (Phi) is 6.14.